The van der Waals surface area contributed by atoms with Crippen LogP contribution in [0.3, 0.4) is 0 Å². The molecular formula is C16H20BrFN2O. The van der Waals surface area contributed by atoms with Crippen LogP contribution >= 0.6 is 15.9 Å². The number of imidazole rings is 1. The summed E-state index contributed by atoms with van der Waals surface area (Å²) in [7, 11) is 0. The Hall–Kier alpha value is -1.20. The van der Waals surface area contributed by atoms with Crippen molar-refractivity contribution in [1.82, 2.24) is 9.55 Å². The maximum Gasteiger partial charge on any atom is 0.143 e. The number of ether oxygens (including phenoxy) is 1. The average Bonchev–Trinajstić information content (AvgIpc) is 2.76. The predicted molar refractivity (Wildman–Crippen MR) is 85.3 cm³/mol. The van der Waals surface area contributed by atoms with Crippen molar-refractivity contribution >= 4 is 15.9 Å². The van der Waals surface area contributed by atoms with Gasteiger partial charge in [0.1, 0.15) is 23.0 Å². The van der Waals surface area contributed by atoms with Crippen LogP contribution in [-0.2, 0) is 11.5 Å². The van der Waals surface area contributed by atoms with Crippen molar-refractivity contribution in [3.8, 4) is 11.4 Å². The Kier molecular flexibility index (Phi) is 5.17. The first-order valence-electron chi connectivity index (χ1n) is 6.91. The molecule has 0 aliphatic heterocycles. The van der Waals surface area contributed by atoms with E-state index in [9.17, 15) is 4.39 Å². The van der Waals surface area contributed by atoms with E-state index in [1.807, 2.05) is 10.8 Å². The van der Waals surface area contributed by atoms with Gasteiger partial charge in [0.15, 0.2) is 0 Å². The standard InChI is InChI=1S/C16H20BrFN2O/c1-16(2,3)8-9-21-11-20-10-14(17)19-15(20)12-4-6-13(18)7-5-12/h4-7,10H,8-9,11H2,1-3H3. The van der Waals surface area contributed by atoms with Crippen molar-refractivity contribution in [3.63, 3.8) is 0 Å². The van der Waals surface area contributed by atoms with Gasteiger partial charge >= 0.3 is 0 Å². The molecule has 0 bridgehead atoms. The molecule has 0 saturated carbocycles. The zero-order valence-corrected chi connectivity index (χ0v) is 14.2. The minimum absolute atomic E-state index is 0.252. The summed E-state index contributed by atoms with van der Waals surface area (Å²) in [6.07, 6.45) is 2.87. The second-order valence-corrected chi connectivity index (χ2v) is 7.02. The lowest BCUT2D eigenvalue weighted by Crippen LogP contribution is -2.11. The van der Waals surface area contributed by atoms with Gasteiger partial charge in [-0.3, -0.25) is 0 Å². The second-order valence-electron chi connectivity index (χ2n) is 6.21. The highest BCUT2D eigenvalue weighted by Gasteiger charge is 2.11. The van der Waals surface area contributed by atoms with E-state index in [2.05, 4.69) is 41.7 Å². The molecule has 1 heterocycles. The molecule has 0 saturated heterocycles. The van der Waals surface area contributed by atoms with Gasteiger partial charge in [0, 0.05) is 18.4 Å². The minimum Gasteiger partial charge on any atom is -0.361 e. The third-order valence-corrected chi connectivity index (χ3v) is 3.46. The van der Waals surface area contributed by atoms with Crippen molar-refractivity contribution in [2.24, 2.45) is 5.41 Å². The Labute approximate surface area is 133 Å². The minimum atomic E-state index is -0.252. The highest BCUT2D eigenvalue weighted by molar-refractivity contribution is 9.10. The highest BCUT2D eigenvalue weighted by atomic mass is 79.9. The topological polar surface area (TPSA) is 27.1 Å². The molecule has 0 atom stereocenters. The Morgan fingerprint density at radius 1 is 1.24 bits per heavy atom. The summed E-state index contributed by atoms with van der Waals surface area (Å²) in [4.78, 5) is 4.42. The number of nitrogens with zero attached hydrogens (tertiary/aromatic N) is 2. The molecule has 1 aromatic carbocycles. The summed E-state index contributed by atoms with van der Waals surface area (Å²) in [5, 5.41) is 0. The molecule has 5 heteroatoms. The number of hydrogen-bond donors (Lipinski definition) is 0. The molecular weight excluding hydrogens is 335 g/mol. The lowest BCUT2D eigenvalue weighted by Gasteiger charge is -2.18. The molecule has 0 aliphatic carbocycles. The van der Waals surface area contributed by atoms with Gasteiger partial charge in [0.05, 0.1) is 0 Å². The molecule has 0 spiro atoms. The maximum atomic E-state index is 13.0. The summed E-state index contributed by atoms with van der Waals surface area (Å²) >= 11 is 3.37. The lowest BCUT2D eigenvalue weighted by atomic mass is 9.93. The zero-order chi connectivity index (χ0) is 15.5. The van der Waals surface area contributed by atoms with E-state index in [1.54, 1.807) is 12.1 Å². The van der Waals surface area contributed by atoms with E-state index in [-0.39, 0.29) is 11.2 Å². The zero-order valence-electron chi connectivity index (χ0n) is 12.6. The first-order valence-corrected chi connectivity index (χ1v) is 7.71. The molecule has 1 aromatic heterocycles. The smallest absolute Gasteiger partial charge is 0.143 e. The molecule has 3 nitrogen and oxygen atoms in total. The summed E-state index contributed by atoms with van der Waals surface area (Å²) in [6, 6.07) is 6.30. The van der Waals surface area contributed by atoms with Crippen LogP contribution in [0.1, 0.15) is 27.2 Å². The van der Waals surface area contributed by atoms with Crippen LogP contribution < -0.4 is 0 Å². The number of aromatic nitrogens is 2. The van der Waals surface area contributed by atoms with Gasteiger partial charge in [-0.05, 0) is 52.0 Å². The molecule has 0 N–H and O–H groups in total. The first kappa shape index (κ1) is 16.2. The summed E-state index contributed by atoms with van der Waals surface area (Å²) < 4.78 is 21.4. The quantitative estimate of drug-likeness (QED) is 0.716. The van der Waals surface area contributed by atoms with Gasteiger partial charge in [0.2, 0.25) is 0 Å². The molecule has 0 unspecified atom stereocenters. The number of hydrogen-bond acceptors (Lipinski definition) is 2. The van der Waals surface area contributed by atoms with Crippen molar-refractivity contribution in [3.05, 3.63) is 40.9 Å². The van der Waals surface area contributed by atoms with Crippen LogP contribution in [0.15, 0.2) is 35.1 Å². The third-order valence-electron chi connectivity index (χ3n) is 3.08. The molecule has 0 aliphatic rings. The Morgan fingerprint density at radius 3 is 2.52 bits per heavy atom. The molecule has 2 rings (SSSR count). The average molecular weight is 355 g/mol. The normalized spacial score (nSPS) is 11.9. The van der Waals surface area contributed by atoms with Crippen molar-refractivity contribution in [2.75, 3.05) is 6.61 Å². The number of halogens is 2. The van der Waals surface area contributed by atoms with Crippen LogP contribution in [0.2, 0.25) is 0 Å². The van der Waals surface area contributed by atoms with Crippen LogP contribution in [0.5, 0.6) is 0 Å². The molecule has 0 fully saturated rings. The highest BCUT2D eigenvalue weighted by Crippen LogP contribution is 2.22. The molecule has 114 valence electrons. The Bertz CT molecular complexity index is 587. The van der Waals surface area contributed by atoms with E-state index >= 15 is 0 Å². The SMILES string of the molecule is CC(C)(C)CCOCn1cc(Br)nc1-c1ccc(F)cc1. The fourth-order valence-electron chi connectivity index (χ4n) is 1.85. The van der Waals surface area contributed by atoms with Gasteiger partial charge in [-0.1, -0.05) is 20.8 Å². The van der Waals surface area contributed by atoms with Gasteiger partial charge in [0.25, 0.3) is 0 Å². The van der Waals surface area contributed by atoms with Crippen molar-refractivity contribution < 1.29 is 9.13 Å². The van der Waals surface area contributed by atoms with Gasteiger partial charge in [-0.25, -0.2) is 9.37 Å². The molecule has 0 radical (unpaired) electrons. The Balaban J connectivity index is 2.05. The lowest BCUT2D eigenvalue weighted by molar-refractivity contribution is 0.0597. The Morgan fingerprint density at radius 2 is 1.90 bits per heavy atom. The number of benzene rings is 1. The summed E-state index contributed by atoms with van der Waals surface area (Å²) in [5.74, 6) is 0.509. The molecule has 21 heavy (non-hydrogen) atoms. The van der Waals surface area contributed by atoms with Crippen LogP contribution in [-0.4, -0.2) is 16.2 Å². The first-order chi connectivity index (χ1) is 9.85. The fraction of sp³-hybridized carbons (Fsp3) is 0.438. The number of rotatable bonds is 5. The van der Waals surface area contributed by atoms with Crippen LogP contribution in [0.25, 0.3) is 11.4 Å². The van der Waals surface area contributed by atoms with Crippen molar-refractivity contribution in [1.29, 1.82) is 0 Å². The van der Waals surface area contributed by atoms with Gasteiger partial charge in [-0.2, -0.15) is 0 Å². The van der Waals surface area contributed by atoms with E-state index in [4.69, 9.17) is 4.74 Å². The summed E-state index contributed by atoms with van der Waals surface area (Å²) in [5.41, 5.74) is 1.12. The maximum absolute atomic E-state index is 13.0. The third kappa shape index (κ3) is 4.93. The van der Waals surface area contributed by atoms with Crippen LogP contribution in [0, 0.1) is 11.2 Å². The van der Waals surface area contributed by atoms with Gasteiger partial charge < -0.3 is 9.30 Å². The fourth-order valence-corrected chi connectivity index (χ4v) is 2.27. The monoisotopic (exact) mass is 354 g/mol. The van der Waals surface area contributed by atoms with E-state index in [1.165, 1.54) is 12.1 Å². The van der Waals surface area contributed by atoms with E-state index in [0.29, 0.717) is 13.3 Å². The van der Waals surface area contributed by atoms with E-state index in [0.717, 1.165) is 22.4 Å². The molecule has 2 aromatic rings. The van der Waals surface area contributed by atoms with Gasteiger partial charge in [-0.15, -0.1) is 0 Å². The van der Waals surface area contributed by atoms with Crippen LogP contribution in [0.4, 0.5) is 4.39 Å². The summed E-state index contributed by atoms with van der Waals surface area (Å²) in [6.45, 7) is 7.69. The largest absolute Gasteiger partial charge is 0.361 e. The van der Waals surface area contributed by atoms with E-state index < -0.39 is 0 Å². The predicted octanol–water partition coefficient (Wildman–Crippen LogP) is 4.86. The molecule has 0 amide bonds. The van der Waals surface area contributed by atoms with Crippen molar-refractivity contribution in [2.45, 2.75) is 33.9 Å². The second kappa shape index (κ2) is 6.71.